The van der Waals surface area contributed by atoms with E-state index in [1.54, 1.807) is 33.8 Å². The van der Waals surface area contributed by atoms with Crippen molar-refractivity contribution < 1.29 is 23.1 Å². The van der Waals surface area contributed by atoms with Gasteiger partial charge in [0.15, 0.2) is 0 Å². The summed E-state index contributed by atoms with van der Waals surface area (Å²) in [5.41, 5.74) is -0.0329. The van der Waals surface area contributed by atoms with E-state index >= 15 is 0 Å². The van der Waals surface area contributed by atoms with Crippen molar-refractivity contribution in [3.05, 3.63) is 23.8 Å². The molecule has 0 fully saturated rings. The molecule has 118 valence electrons. The van der Waals surface area contributed by atoms with Crippen LogP contribution < -0.4 is 9.46 Å². The van der Waals surface area contributed by atoms with E-state index in [-0.39, 0.29) is 10.6 Å². The van der Waals surface area contributed by atoms with Gasteiger partial charge in [-0.1, -0.05) is 26.8 Å². The van der Waals surface area contributed by atoms with Crippen LogP contribution in [0.5, 0.6) is 5.75 Å². The Balaban J connectivity index is 3.29. The number of ether oxygens (including phenoxy) is 1. The van der Waals surface area contributed by atoms with E-state index < -0.39 is 27.4 Å². The van der Waals surface area contributed by atoms with E-state index in [0.29, 0.717) is 0 Å². The van der Waals surface area contributed by atoms with E-state index in [1.165, 1.54) is 19.2 Å². The molecular formula is C14H21NO5S. The normalized spacial score (nSPS) is 13.8. The molecule has 6 nitrogen and oxygen atoms in total. The lowest BCUT2D eigenvalue weighted by atomic mass is 9.88. The maximum absolute atomic E-state index is 12.5. The fourth-order valence-electron chi connectivity index (χ4n) is 1.81. The summed E-state index contributed by atoms with van der Waals surface area (Å²) >= 11 is 0. The summed E-state index contributed by atoms with van der Waals surface area (Å²) in [5, 5.41) is 9.24. The third-order valence-corrected chi connectivity index (χ3v) is 4.44. The highest BCUT2D eigenvalue weighted by molar-refractivity contribution is 7.89. The van der Waals surface area contributed by atoms with E-state index in [4.69, 9.17) is 4.74 Å². The SMILES string of the molecule is COc1ccc(C)cc1S(=O)(=O)NC(C(=O)O)C(C)(C)C. The summed E-state index contributed by atoms with van der Waals surface area (Å²) in [6.07, 6.45) is 0. The predicted octanol–water partition coefficient (Wildman–Crippen LogP) is 1.78. The maximum atomic E-state index is 12.5. The van der Waals surface area contributed by atoms with Gasteiger partial charge in [0, 0.05) is 0 Å². The largest absolute Gasteiger partial charge is 0.495 e. The fraction of sp³-hybridized carbons (Fsp3) is 0.500. The fourth-order valence-corrected chi connectivity index (χ4v) is 3.46. The van der Waals surface area contributed by atoms with Crippen molar-refractivity contribution >= 4 is 16.0 Å². The van der Waals surface area contributed by atoms with Crippen LogP contribution in [0.4, 0.5) is 0 Å². The quantitative estimate of drug-likeness (QED) is 0.864. The zero-order valence-electron chi connectivity index (χ0n) is 12.8. The minimum atomic E-state index is -4.01. The van der Waals surface area contributed by atoms with E-state index in [0.717, 1.165) is 5.56 Å². The lowest BCUT2D eigenvalue weighted by Crippen LogP contribution is -2.49. The molecule has 0 saturated heterocycles. The summed E-state index contributed by atoms with van der Waals surface area (Å²) in [7, 11) is -2.65. The van der Waals surface area contributed by atoms with Crippen LogP contribution in [-0.2, 0) is 14.8 Å². The first-order valence-electron chi connectivity index (χ1n) is 6.39. The summed E-state index contributed by atoms with van der Waals surface area (Å²) < 4.78 is 32.2. The summed E-state index contributed by atoms with van der Waals surface area (Å²) in [5.74, 6) is -1.05. The molecule has 1 aromatic rings. The standard InChI is InChI=1S/C14H21NO5S/c1-9-6-7-10(20-5)11(8-9)21(18,19)15-12(13(16)17)14(2,3)4/h6-8,12,15H,1-5H3,(H,16,17). The Morgan fingerprint density at radius 1 is 1.33 bits per heavy atom. The molecule has 0 amide bonds. The Hall–Kier alpha value is -1.60. The molecule has 1 atom stereocenters. The van der Waals surface area contributed by atoms with E-state index in [1.807, 2.05) is 0 Å². The average molecular weight is 315 g/mol. The molecular weight excluding hydrogens is 294 g/mol. The number of carboxylic acids is 1. The predicted molar refractivity (Wildman–Crippen MR) is 78.9 cm³/mol. The summed E-state index contributed by atoms with van der Waals surface area (Å²) in [4.78, 5) is 11.2. The first-order chi connectivity index (χ1) is 9.49. The Morgan fingerprint density at radius 3 is 2.33 bits per heavy atom. The maximum Gasteiger partial charge on any atom is 0.322 e. The lowest BCUT2D eigenvalue weighted by molar-refractivity contribution is -0.141. The minimum Gasteiger partial charge on any atom is -0.495 e. The number of hydrogen-bond acceptors (Lipinski definition) is 4. The molecule has 0 saturated carbocycles. The number of aryl methyl sites for hydroxylation is 1. The number of rotatable bonds is 5. The topological polar surface area (TPSA) is 92.7 Å². The highest BCUT2D eigenvalue weighted by Gasteiger charge is 2.36. The zero-order chi connectivity index (χ0) is 16.4. The molecule has 0 aliphatic carbocycles. The second kappa shape index (κ2) is 6.03. The zero-order valence-corrected chi connectivity index (χ0v) is 13.6. The van der Waals surface area contributed by atoms with Crippen molar-refractivity contribution in [3.63, 3.8) is 0 Å². The van der Waals surface area contributed by atoms with Crippen LogP contribution in [0.3, 0.4) is 0 Å². The number of aliphatic carboxylic acids is 1. The molecule has 2 N–H and O–H groups in total. The van der Waals surface area contributed by atoms with Gasteiger partial charge in [0.25, 0.3) is 0 Å². The Labute approximate surface area is 125 Å². The number of nitrogens with one attached hydrogen (secondary N) is 1. The summed E-state index contributed by atoms with van der Waals surface area (Å²) in [6, 6.07) is 3.46. The van der Waals surface area contributed by atoms with Crippen molar-refractivity contribution in [2.75, 3.05) is 7.11 Å². The molecule has 0 spiro atoms. The highest BCUT2D eigenvalue weighted by Crippen LogP contribution is 2.27. The molecule has 0 heterocycles. The van der Waals surface area contributed by atoms with Gasteiger partial charge >= 0.3 is 5.97 Å². The van der Waals surface area contributed by atoms with Crippen LogP contribution >= 0.6 is 0 Å². The van der Waals surface area contributed by atoms with Gasteiger partial charge in [-0.3, -0.25) is 4.79 Å². The van der Waals surface area contributed by atoms with E-state index in [2.05, 4.69) is 4.72 Å². The van der Waals surface area contributed by atoms with Crippen LogP contribution in [0.2, 0.25) is 0 Å². The number of carbonyl (C=O) groups is 1. The van der Waals surface area contributed by atoms with Gasteiger partial charge in [0.2, 0.25) is 10.0 Å². The van der Waals surface area contributed by atoms with Gasteiger partial charge < -0.3 is 9.84 Å². The van der Waals surface area contributed by atoms with Crippen molar-refractivity contribution in [2.24, 2.45) is 5.41 Å². The third kappa shape index (κ3) is 4.18. The molecule has 0 aliphatic heterocycles. The van der Waals surface area contributed by atoms with Crippen LogP contribution in [0.25, 0.3) is 0 Å². The molecule has 0 aliphatic rings. The lowest BCUT2D eigenvalue weighted by Gasteiger charge is -2.27. The average Bonchev–Trinajstić information content (AvgIpc) is 2.34. The Kier molecular flexibility index (Phi) is 5.01. The first kappa shape index (κ1) is 17.5. The van der Waals surface area contributed by atoms with Gasteiger partial charge in [-0.2, -0.15) is 4.72 Å². The molecule has 1 unspecified atom stereocenters. The second-order valence-corrected chi connectivity index (χ2v) is 7.60. The molecule has 1 aromatic carbocycles. The smallest absolute Gasteiger partial charge is 0.322 e. The molecule has 0 aromatic heterocycles. The van der Waals surface area contributed by atoms with Crippen molar-refractivity contribution in [1.29, 1.82) is 0 Å². The van der Waals surface area contributed by atoms with Crippen LogP contribution in [0.15, 0.2) is 23.1 Å². The second-order valence-electron chi connectivity index (χ2n) is 5.91. The molecule has 1 rings (SSSR count). The third-order valence-electron chi connectivity index (χ3n) is 2.99. The molecule has 0 radical (unpaired) electrons. The van der Waals surface area contributed by atoms with Crippen LogP contribution in [0, 0.1) is 12.3 Å². The van der Waals surface area contributed by atoms with Gasteiger partial charge in [-0.15, -0.1) is 0 Å². The van der Waals surface area contributed by atoms with Crippen LogP contribution in [0.1, 0.15) is 26.3 Å². The highest BCUT2D eigenvalue weighted by atomic mass is 32.2. The molecule has 0 bridgehead atoms. The minimum absolute atomic E-state index is 0.0690. The van der Waals surface area contributed by atoms with Crippen LogP contribution in [-0.4, -0.2) is 32.6 Å². The number of carboxylic acid groups (broad SMARTS) is 1. The Morgan fingerprint density at radius 2 is 1.90 bits per heavy atom. The van der Waals surface area contributed by atoms with Crippen molar-refractivity contribution in [2.45, 2.75) is 38.6 Å². The number of hydrogen-bond donors (Lipinski definition) is 2. The van der Waals surface area contributed by atoms with Gasteiger partial charge in [-0.05, 0) is 30.0 Å². The van der Waals surface area contributed by atoms with Crippen molar-refractivity contribution in [1.82, 2.24) is 4.72 Å². The number of sulfonamides is 1. The van der Waals surface area contributed by atoms with Gasteiger partial charge in [0.1, 0.15) is 16.7 Å². The summed E-state index contributed by atoms with van der Waals surface area (Å²) in [6.45, 7) is 6.71. The van der Waals surface area contributed by atoms with E-state index in [9.17, 15) is 18.3 Å². The molecule has 7 heteroatoms. The monoisotopic (exact) mass is 315 g/mol. The molecule has 21 heavy (non-hydrogen) atoms. The number of methoxy groups -OCH3 is 1. The van der Waals surface area contributed by atoms with Gasteiger partial charge in [-0.25, -0.2) is 8.42 Å². The van der Waals surface area contributed by atoms with Gasteiger partial charge in [0.05, 0.1) is 7.11 Å². The first-order valence-corrected chi connectivity index (χ1v) is 7.87. The van der Waals surface area contributed by atoms with Crippen molar-refractivity contribution in [3.8, 4) is 5.75 Å². The number of benzene rings is 1. The Bertz CT molecular complexity index is 631.